The molecule has 3 nitrogen and oxygen atoms in total. The third-order valence-corrected chi connectivity index (χ3v) is 2.47. The first-order valence-corrected chi connectivity index (χ1v) is 5.17. The molecule has 88 valence electrons. The van der Waals surface area contributed by atoms with E-state index in [1.54, 1.807) is 6.07 Å². The molecule has 0 aliphatic rings. The van der Waals surface area contributed by atoms with Gasteiger partial charge in [0.2, 0.25) is 5.91 Å². The fraction of sp³-hybridized carbons (Fsp3) is 0.417. The zero-order valence-electron chi connectivity index (χ0n) is 9.59. The first-order valence-electron chi connectivity index (χ1n) is 5.17. The number of primary amides is 1. The molecular formula is C12H17FN2O. The number of amides is 1. The van der Waals surface area contributed by atoms with Gasteiger partial charge in [-0.1, -0.05) is 26.0 Å². The van der Waals surface area contributed by atoms with Gasteiger partial charge in [-0.2, -0.15) is 0 Å². The van der Waals surface area contributed by atoms with Gasteiger partial charge in [-0.3, -0.25) is 4.79 Å². The van der Waals surface area contributed by atoms with Gasteiger partial charge in [-0.25, -0.2) is 4.39 Å². The summed E-state index contributed by atoms with van der Waals surface area (Å²) in [5.41, 5.74) is 5.68. The van der Waals surface area contributed by atoms with Crippen LogP contribution < -0.4 is 11.1 Å². The zero-order chi connectivity index (χ0) is 12.2. The lowest BCUT2D eigenvalue weighted by molar-refractivity contribution is -0.117. The van der Waals surface area contributed by atoms with Crippen molar-refractivity contribution in [3.05, 3.63) is 35.6 Å². The Morgan fingerprint density at radius 2 is 2.19 bits per heavy atom. The van der Waals surface area contributed by atoms with E-state index in [1.165, 1.54) is 12.1 Å². The van der Waals surface area contributed by atoms with Crippen molar-refractivity contribution in [1.82, 2.24) is 5.32 Å². The van der Waals surface area contributed by atoms with E-state index >= 15 is 0 Å². The second-order valence-electron chi connectivity index (χ2n) is 4.46. The van der Waals surface area contributed by atoms with Crippen molar-refractivity contribution in [3.63, 3.8) is 0 Å². The average Bonchev–Trinajstić information content (AvgIpc) is 2.16. The molecule has 0 aliphatic heterocycles. The van der Waals surface area contributed by atoms with E-state index in [2.05, 4.69) is 5.32 Å². The van der Waals surface area contributed by atoms with Crippen LogP contribution in [0.5, 0.6) is 0 Å². The van der Waals surface area contributed by atoms with Gasteiger partial charge < -0.3 is 11.1 Å². The van der Waals surface area contributed by atoms with Crippen molar-refractivity contribution in [2.24, 2.45) is 5.73 Å². The van der Waals surface area contributed by atoms with E-state index in [0.717, 1.165) is 5.56 Å². The van der Waals surface area contributed by atoms with Crippen LogP contribution in [0.3, 0.4) is 0 Å². The molecule has 4 heteroatoms. The molecule has 0 fully saturated rings. The summed E-state index contributed by atoms with van der Waals surface area (Å²) in [5.74, 6) is -0.643. The lowest BCUT2D eigenvalue weighted by Gasteiger charge is -2.25. The Bertz CT molecular complexity index is 377. The fourth-order valence-electron chi connectivity index (χ4n) is 1.51. The van der Waals surface area contributed by atoms with Gasteiger partial charge in [-0.05, 0) is 17.7 Å². The molecule has 1 amide bonds. The first-order chi connectivity index (χ1) is 7.42. The molecule has 0 radical (unpaired) electrons. The molecule has 1 aromatic carbocycles. The predicted molar refractivity (Wildman–Crippen MR) is 61.5 cm³/mol. The predicted octanol–water partition coefficient (Wildman–Crippen LogP) is 1.18. The van der Waals surface area contributed by atoms with Gasteiger partial charge in [-0.15, -0.1) is 0 Å². The lowest BCUT2D eigenvalue weighted by atomic mass is 9.84. The summed E-state index contributed by atoms with van der Waals surface area (Å²) in [6.45, 7) is 4.67. The topological polar surface area (TPSA) is 55.1 Å². The Hall–Kier alpha value is -1.42. The van der Waals surface area contributed by atoms with E-state index in [0.29, 0.717) is 6.54 Å². The minimum absolute atomic E-state index is 0.138. The number of hydrogen-bond donors (Lipinski definition) is 2. The van der Waals surface area contributed by atoms with Crippen LogP contribution in [0.15, 0.2) is 24.3 Å². The number of carbonyl (C=O) groups excluding carboxylic acids is 1. The molecule has 0 spiro atoms. The maximum atomic E-state index is 13.1. The van der Waals surface area contributed by atoms with Crippen molar-refractivity contribution in [2.75, 3.05) is 13.1 Å². The number of carbonyl (C=O) groups is 1. The fourth-order valence-corrected chi connectivity index (χ4v) is 1.51. The Morgan fingerprint density at radius 3 is 2.75 bits per heavy atom. The van der Waals surface area contributed by atoms with Crippen LogP contribution in [0.1, 0.15) is 19.4 Å². The summed E-state index contributed by atoms with van der Waals surface area (Å²) in [5, 5.41) is 2.95. The van der Waals surface area contributed by atoms with Gasteiger partial charge >= 0.3 is 0 Å². The van der Waals surface area contributed by atoms with E-state index in [1.807, 2.05) is 19.9 Å². The lowest BCUT2D eigenvalue weighted by Crippen LogP contribution is -2.37. The normalized spacial score (nSPS) is 11.4. The minimum atomic E-state index is -0.393. The summed E-state index contributed by atoms with van der Waals surface area (Å²) >= 11 is 0. The molecular weight excluding hydrogens is 207 g/mol. The van der Waals surface area contributed by atoms with Crippen molar-refractivity contribution in [1.29, 1.82) is 0 Å². The Kier molecular flexibility index (Phi) is 4.01. The molecule has 0 aliphatic carbocycles. The summed E-state index contributed by atoms with van der Waals surface area (Å²) in [6, 6.07) is 6.47. The number of rotatable bonds is 5. The Morgan fingerprint density at radius 1 is 1.50 bits per heavy atom. The number of benzene rings is 1. The molecule has 0 saturated carbocycles. The van der Waals surface area contributed by atoms with Gasteiger partial charge in [0.15, 0.2) is 0 Å². The van der Waals surface area contributed by atoms with E-state index in [-0.39, 0.29) is 17.8 Å². The van der Waals surface area contributed by atoms with Crippen LogP contribution in [0.2, 0.25) is 0 Å². The summed E-state index contributed by atoms with van der Waals surface area (Å²) in [7, 11) is 0. The van der Waals surface area contributed by atoms with Crippen molar-refractivity contribution in [3.8, 4) is 0 Å². The molecule has 16 heavy (non-hydrogen) atoms. The summed E-state index contributed by atoms with van der Waals surface area (Å²) < 4.78 is 13.1. The molecule has 0 heterocycles. The van der Waals surface area contributed by atoms with Crippen LogP contribution in [0.25, 0.3) is 0 Å². The van der Waals surface area contributed by atoms with Crippen LogP contribution in [-0.4, -0.2) is 19.0 Å². The van der Waals surface area contributed by atoms with Crippen LogP contribution in [-0.2, 0) is 10.2 Å². The number of nitrogens with two attached hydrogens (primary N) is 1. The highest BCUT2D eigenvalue weighted by Crippen LogP contribution is 2.22. The summed E-state index contributed by atoms with van der Waals surface area (Å²) in [6.07, 6.45) is 0. The largest absolute Gasteiger partial charge is 0.369 e. The van der Waals surface area contributed by atoms with Gasteiger partial charge in [0.1, 0.15) is 5.82 Å². The summed E-state index contributed by atoms with van der Waals surface area (Å²) in [4.78, 5) is 10.6. The van der Waals surface area contributed by atoms with Crippen LogP contribution in [0.4, 0.5) is 4.39 Å². The SMILES string of the molecule is CC(C)(CNCC(N)=O)c1cccc(F)c1. The molecule has 1 rings (SSSR count). The average molecular weight is 224 g/mol. The standard InChI is InChI=1S/C12H17FN2O/c1-12(2,8-15-7-11(14)16)9-4-3-5-10(13)6-9/h3-6,15H,7-8H2,1-2H3,(H2,14,16). The molecule has 0 bridgehead atoms. The monoisotopic (exact) mass is 224 g/mol. The zero-order valence-corrected chi connectivity index (χ0v) is 9.59. The van der Waals surface area contributed by atoms with Gasteiger partial charge in [0, 0.05) is 12.0 Å². The van der Waals surface area contributed by atoms with Gasteiger partial charge in [0.25, 0.3) is 0 Å². The number of nitrogens with one attached hydrogen (secondary N) is 1. The van der Waals surface area contributed by atoms with E-state index in [4.69, 9.17) is 5.73 Å². The smallest absolute Gasteiger partial charge is 0.231 e. The highest BCUT2D eigenvalue weighted by molar-refractivity contribution is 5.75. The maximum absolute atomic E-state index is 13.1. The highest BCUT2D eigenvalue weighted by atomic mass is 19.1. The van der Waals surface area contributed by atoms with Crippen molar-refractivity contribution >= 4 is 5.91 Å². The third kappa shape index (κ3) is 3.62. The number of hydrogen-bond acceptors (Lipinski definition) is 2. The molecule has 0 aromatic heterocycles. The molecule has 0 saturated heterocycles. The van der Waals surface area contributed by atoms with E-state index in [9.17, 15) is 9.18 Å². The third-order valence-electron chi connectivity index (χ3n) is 2.47. The van der Waals surface area contributed by atoms with Crippen molar-refractivity contribution < 1.29 is 9.18 Å². The first kappa shape index (κ1) is 12.6. The molecule has 0 atom stereocenters. The molecule has 0 unspecified atom stereocenters. The van der Waals surface area contributed by atoms with Gasteiger partial charge in [0.05, 0.1) is 6.54 Å². The number of halogens is 1. The molecule has 1 aromatic rings. The Balaban J connectivity index is 2.66. The highest BCUT2D eigenvalue weighted by Gasteiger charge is 2.20. The second-order valence-corrected chi connectivity index (χ2v) is 4.46. The maximum Gasteiger partial charge on any atom is 0.231 e. The quantitative estimate of drug-likeness (QED) is 0.789. The van der Waals surface area contributed by atoms with Crippen molar-refractivity contribution in [2.45, 2.75) is 19.3 Å². The van der Waals surface area contributed by atoms with Crippen LogP contribution >= 0.6 is 0 Å². The minimum Gasteiger partial charge on any atom is -0.369 e. The molecule has 3 N–H and O–H groups in total. The van der Waals surface area contributed by atoms with Crippen LogP contribution in [0, 0.1) is 5.82 Å². The van der Waals surface area contributed by atoms with E-state index < -0.39 is 5.91 Å². The Labute approximate surface area is 94.8 Å². The second kappa shape index (κ2) is 5.07.